The highest BCUT2D eigenvalue weighted by Crippen LogP contribution is 1.78. The van der Waals surface area contributed by atoms with E-state index in [1.54, 1.807) is 0 Å². The average Bonchev–Trinajstić information content (AvgIpc) is 1.85. The zero-order valence-electron chi connectivity index (χ0n) is 6.61. The molecule has 0 atom stereocenters. The molecule has 0 aliphatic rings. The number of hydrogen-bond donors (Lipinski definition) is 0. The van der Waals surface area contributed by atoms with Crippen molar-refractivity contribution in [2.45, 2.75) is 6.92 Å². The van der Waals surface area contributed by atoms with E-state index in [-0.39, 0.29) is 18.3 Å². The summed E-state index contributed by atoms with van der Waals surface area (Å²) in [4.78, 5) is 10.3. The van der Waals surface area contributed by atoms with Crippen LogP contribution in [0.25, 0.3) is 0 Å². The van der Waals surface area contributed by atoms with Gasteiger partial charge in [-0.3, -0.25) is 4.79 Å². The van der Waals surface area contributed by atoms with Gasteiger partial charge in [-0.25, -0.2) is 0 Å². The van der Waals surface area contributed by atoms with Gasteiger partial charge in [-0.2, -0.15) is 0 Å². The molecule has 0 amide bonds. The maximum atomic E-state index is 10.3. The summed E-state index contributed by atoms with van der Waals surface area (Å²) in [6.45, 7) is -0.780. The molecule has 2 nitrogen and oxygen atoms in total. The van der Waals surface area contributed by atoms with Gasteiger partial charge in [0, 0.05) is 5.88 Å². The minimum Gasteiger partial charge on any atom is -0.372 e. The third-order valence-corrected chi connectivity index (χ3v) is 0.541. The molecule has 0 N–H and O–H groups in total. The Morgan fingerprint density at radius 1 is 2.00 bits per heavy atom. The molecule has 0 rings (SSSR count). The minimum atomic E-state index is -1.88. The molecule has 3 heteroatoms. The van der Waals surface area contributed by atoms with Crippen LogP contribution in [-0.2, 0) is 9.53 Å². The molecule has 0 heterocycles. The highest BCUT2D eigenvalue weighted by molar-refractivity contribution is 6.17. The van der Waals surface area contributed by atoms with Crippen molar-refractivity contribution in [2.75, 3.05) is 19.0 Å². The van der Waals surface area contributed by atoms with Crippen LogP contribution in [0.1, 0.15) is 9.67 Å². The van der Waals surface area contributed by atoms with Crippen molar-refractivity contribution < 1.29 is 12.3 Å². The van der Waals surface area contributed by atoms with Gasteiger partial charge in [-0.15, -0.1) is 11.6 Å². The number of alkyl halides is 1. The van der Waals surface area contributed by atoms with Crippen LogP contribution >= 0.6 is 11.6 Å². The molecule has 0 bridgehead atoms. The fraction of sp³-hybridized carbons (Fsp3) is 0.800. The van der Waals surface area contributed by atoms with Gasteiger partial charge in [0.05, 0.1) is 9.30 Å². The lowest BCUT2D eigenvalue weighted by Gasteiger charge is -1.94. The van der Waals surface area contributed by atoms with Gasteiger partial charge in [0.2, 0.25) is 0 Å². The summed E-state index contributed by atoms with van der Waals surface area (Å²) in [6.07, 6.45) is 0. The van der Waals surface area contributed by atoms with Gasteiger partial charge in [0.15, 0.2) is 5.78 Å². The predicted octanol–water partition coefficient (Wildman–Crippen LogP) is 0.831. The second kappa shape index (κ2) is 5.06. The van der Waals surface area contributed by atoms with E-state index in [9.17, 15) is 4.79 Å². The molecule has 0 spiro atoms. The molecule has 0 aromatic rings. The Labute approximate surface area is 56.6 Å². The van der Waals surface area contributed by atoms with E-state index in [4.69, 9.17) is 14.3 Å². The van der Waals surface area contributed by atoms with E-state index >= 15 is 0 Å². The van der Waals surface area contributed by atoms with Crippen LogP contribution in [0.5, 0.6) is 0 Å². The van der Waals surface area contributed by atoms with Gasteiger partial charge in [-0.1, -0.05) is 0 Å². The summed E-state index contributed by atoms with van der Waals surface area (Å²) in [7, 11) is 0. The van der Waals surface area contributed by atoms with Crippen molar-refractivity contribution in [3.63, 3.8) is 0 Å². The fourth-order valence-electron chi connectivity index (χ4n) is 0.191. The molecule has 0 saturated heterocycles. The van der Waals surface area contributed by atoms with E-state index in [0.717, 1.165) is 0 Å². The van der Waals surface area contributed by atoms with Crippen LogP contribution in [0, 0.1) is 0 Å². The van der Waals surface area contributed by atoms with Crippen LogP contribution in [0.15, 0.2) is 0 Å². The standard InChI is InChI=1S/C5H9ClO2/c1-5(7)4-8-3-2-6/h2-4H2,1H3/i3D2. The van der Waals surface area contributed by atoms with Crippen LogP contribution in [0.2, 0.25) is 0 Å². The smallest absolute Gasteiger partial charge is 0.155 e. The van der Waals surface area contributed by atoms with Crippen LogP contribution in [-0.4, -0.2) is 24.8 Å². The first-order chi connectivity index (χ1) is 4.48. The molecule has 0 aromatic carbocycles. The first-order valence-corrected chi connectivity index (χ1v) is 2.71. The van der Waals surface area contributed by atoms with Crippen LogP contribution < -0.4 is 0 Å². The quantitative estimate of drug-likeness (QED) is 0.538. The summed E-state index contributed by atoms with van der Waals surface area (Å²) in [5, 5.41) is 0. The Morgan fingerprint density at radius 3 is 3.00 bits per heavy atom. The van der Waals surface area contributed by atoms with Gasteiger partial charge in [0.25, 0.3) is 0 Å². The summed E-state index contributed by atoms with van der Waals surface area (Å²) in [5.41, 5.74) is 0. The topological polar surface area (TPSA) is 26.3 Å². The zero-order chi connectivity index (χ0) is 8.20. The summed E-state index contributed by atoms with van der Waals surface area (Å²) >= 11 is 5.17. The molecular weight excluding hydrogens is 128 g/mol. The molecule has 0 fully saturated rings. The first kappa shape index (κ1) is 4.77. The number of rotatable bonds is 4. The SMILES string of the molecule is [2H]C([2H])(CCl)OCC(C)=O. The van der Waals surface area contributed by atoms with E-state index < -0.39 is 6.56 Å². The van der Waals surface area contributed by atoms with E-state index in [1.165, 1.54) is 6.92 Å². The number of ketones is 1. The van der Waals surface area contributed by atoms with Crippen molar-refractivity contribution in [2.24, 2.45) is 0 Å². The van der Waals surface area contributed by atoms with Crippen molar-refractivity contribution in [1.82, 2.24) is 0 Å². The van der Waals surface area contributed by atoms with E-state index in [2.05, 4.69) is 4.74 Å². The molecule has 0 aliphatic carbocycles. The lowest BCUT2D eigenvalue weighted by Crippen LogP contribution is -2.05. The first-order valence-electron chi connectivity index (χ1n) is 3.17. The lowest BCUT2D eigenvalue weighted by molar-refractivity contribution is -0.121. The van der Waals surface area contributed by atoms with Gasteiger partial charge in [-0.05, 0) is 6.92 Å². The number of carbonyl (C=O) groups excluding carboxylic acids is 1. The summed E-state index contributed by atoms with van der Waals surface area (Å²) in [5.74, 6) is -0.478. The van der Waals surface area contributed by atoms with Crippen LogP contribution in [0.3, 0.4) is 0 Å². The number of halogens is 1. The Balaban J connectivity index is 3.56. The number of ether oxygens (including phenoxy) is 1. The van der Waals surface area contributed by atoms with Crippen molar-refractivity contribution in [3.8, 4) is 0 Å². The highest BCUT2D eigenvalue weighted by atomic mass is 35.5. The van der Waals surface area contributed by atoms with Crippen LogP contribution in [0.4, 0.5) is 0 Å². The third kappa shape index (κ3) is 5.92. The summed E-state index contributed by atoms with van der Waals surface area (Å²) in [6, 6.07) is 0. The summed E-state index contributed by atoms with van der Waals surface area (Å²) < 4.78 is 18.3. The van der Waals surface area contributed by atoms with Gasteiger partial charge >= 0.3 is 0 Å². The molecule has 48 valence electrons. The fourth-order valence-corrected chi connectivity index (χ4v) is 0.268. The molecule has 0 aromatic heterocycles. The maximum absolute atomic E-state index is 10.3. The normalized spacial score (nSPS) is 14.8. The minimum absolute atomic E-state index is 0.214. The highest BCUT2D eigenvalue weighted by Gasteiger charge is 1.89. The second-order valence-corrected chi connectivity index (χ2v) is 1.54. The van der Waals surface area contributed by atoms with Crippen molar-refractivity contribution >= 4 is 17.4 Å². The maximum Gasteiger partial charge on any atom is 0.155 e. The molecule has 8 heavy (non-hydrogen) atoms. The Kier molecular flexibility index (Phi) is 3.02. The molecule has 0 unspecified atom stereocenters. The zero-order valence-corrected chi connectivity index (χ0v) is 5.36. The molecule has 0 aliphatic heterocycles. The average molecular weight is 139 g/mol. The Hall–Kier alpha value is -0.0800. The third-order valence-electron chi connectivity index (χ3n) is 0.432. The number of Topliss-reactive ketones (excluding diaryl/α,β-unsaturated/α-hetero) is 1. The molecule has 0 saturated carbocycles. The van der Waals surface area contributed by atoms with Crippen molar-refractivity contribution in [3.05, 3.63) is 0 Å². The molecular formula is C5H9ClO2. The largest absolute Gasteiger partial charge is 0.372 e. The second-order valence-electron chi connectivity index (χ2n) is 1.27. The van der Waals surface area contributed by atoms with E-state index in [0.29, 0.717) is 0 Å². The predicted molar refractivity (Wildman–Crippen MR) is 32.2 cm³/mol. The van der Waals surface area contributed by atoms with Gasteiger partial charge < -0.3 is 4.74 Å². The lowest BCUT2D eigenvalue weighted by atomic mass is 10.5. The van der Waals surface area contributed by atoms with Crippen molar-refractivity contribution in [1.29, 1.82) is 0 Å². The monoisotopic (exact) mass is 138 g/mol. The number of hydrogen-bond acceptors (Lipinski definition) is 2. The van der Waals surface area contributed by atoms with Gasteiger partial charge in [0.1, 0.15) is 6.61 Å². The molecule has 0 radical (unpaired) electrons. The number of carbonyl (C=O) groups is 1. The Bertz CT molecular complexity index is 127. The van der Waals surface area contributed by atoms with E-state index in [1.807, 2.05) is 0 Å². The Morgan fingerprint density at radius 2 is 2.62 bits per heavy atom.